The highest BCUT2D eigenvalue weighted by Gasteiger charge is 2.21. The summed E-state index contributed by atoms with van der Waals surface area (Å²) in [5.41, 5.74) is 4.49. The molecule has 0 saturated carbocycles. The molecule has 2 aromatic rings. The van der Waals surface area contributed by atoms with E-state index in [0.717, 1.165) is 41.8 Å². The van der Waals surface area contributed by atoms with Crippen molar-refractivity contribution in [3.63, 3.8) is 0 Å². The van der Waals surface area contributed by atoms with Gasteiger partial charge < -0.3 is 15.4 Å². The van der Waals surface area contributed by atoms with Crippen molar-refractivity contribution in [1.82, 2.24) is 20.4 Å². The number of carbonyl (C=O) groups excluding carboxylic acids is 1. The van der Waals surface area contributed by atoms with Crippen molar-refractivity contribution in [3.8, 4) is 5.75 Å². The number of aryl methyl sites for hydroxylation is 2. The average Bonchev–Trinajstić information content (AvgIpc) is 2.94. The van der Waals surface area contributed by atoms with Crippen molar-refractivity contribution in [2.45, 2.75) is 45.7 Å². The van der Waals surface area contributed by atoms with E-state index in [4.69, 9.17) is 4.74 Å². The van der Waals surface area contributed by atoms with E-state index in [0.29, 0.717) is 13.2 Å². The van der Waals surface area contributed by atoms with E-state index in [9.17, 15) is 4.79 Å². The number of nitrogens with zero attached hydrogens (tertiary/aromatic N) is 2. The molecule has 0 radical (unpaired) electrons. The number of carbonyl (C=O) groups is 1. The number of urea groups is 1. The van der Waals surface area contributed by atoms with Crippen LogP contribution in [0.15, 0.2) is 24.3 Å². The Bertz CT molecular complexity index is 754. The Kier molecular flexibility index (Phi) is 5.26. The monoisotopic (exact) mass is 342 g/mol. The first-order chi connectivity index (χ1) is 12.1. The Morgan fingerprint density at radius 1 is 1.32 bits per heavy atom. The van der Waals surface area contributed by atoms with E-state index in [1.54, 1.807) is 0 Å². The molecule has 1 aromatic carbocycles. The zero-order valence-electron chi connectivity index (χ0n) is 15.1. The molecule has 1 atom stereocenters. The van der Waals surface area contributed by atoms with Crippen molar-refractivity contribution < 1.29 is 9.53 Å². The maximum Gasteiger partial charge on any atom is 0.315 e. The second-order valence-electron chi connectivity index (χ2n) is 6.35. The number of benzene rings is 1. The quantitative estimate of drug-likeness (QED) is 0.876. The van der Waals surface area contributed by atoms with Crippen LogP contribution in [0.4, 0.5) is 4.79 Å². The minimum absolute atomic E-state index is 0.0138. The van der Waals surface area contributed by atoms with Gasteiger partial charge in [0.2, 0.25) is 0 Å². The van der Waals surface area contributed by atoms with E-state index >= 15 is 0 Å². The zero-order valence-corrected chi connectivity index (χ0v) is 15.1. The number of ether oxygens (including phenoxy) is 1. The van der Waals surface area contributed by atoms with E-state index in [1.807, 2.05) is 36.0 Å². The standard InChI is InChI=1S/C19H26N4O2/c1-4-16-15(17(5-2)23(3)22-16)11-20-19(24)21-14-10-13-8-6-7-9-18(13)25-12-14/h6-9,14H,4-5,10-12H2,1-3H3,(H2,20,21,24)/t14-/m1/s1. The SMILES string of the molecule is CCc1nn(C)c(CC)c1CNC(=O)N[C@H]1COc2ccccc2C1. The third-order valence-electron chi connectivity index (χ3n) is 4.67. The number of hydrogen-bond donors (Lipinski definition) is 2. The topological polar surface area (TPSA) is 68.2 Å². The number of nitrogens with one attached hydrogen (secondary N) is 2. The first kappa shape index (κ1) is 17.3. The second kappa shape index (κ2) is 7.59. The van der Waals surface area contributed by atoms with Gasteiger partial charge in [0.25, 0.3) is 0 Å². The summed E-state index contributed by atoms with van der Waals surface area (Å²) in [4.78, 5) is 12.3. The van der Waals surface area contributed by atoms with Crippen LogP contribution in [0, 0.1) is 0 Å². The maximum atomic E-state index is 12.3. The summed E-state index contributed by atoms with van der Waals surface area (Å²) in [6.07, 6.45) is 2.55. The molecule has 0 unspecified atom stereocenters. The van der Waals surface area contributed by atoms with Crippen molar-refractivity contribution in [2.75, 3.05) is 6.61 Å². The average molecular weight is 342 g/mol. The van der Waals surface area contributed by atoms with E-state index in [-0.39, 0.29) is 12.1 Å². The van der Waals surface area contributed by atoms with Crippen molar-refractivity contribution in [2.24, 2.45) is 7.05 Å². The maximum absolute atomic E-state index is 12.3. The van der Waals surface area contributed by atoms with Gasteiger partial charge in [-0.2, -0.15) is 5.10 Å². The number of rotatable bonds is 5. The van der Waals surface area contributed by atoms with Crippen LogP contribution < -0.4 is 15.4 Å². The number of aromatic nitrogens is 2. The second-order valence-corrected chi connectivity index (χ2v) is 6.35. The molecule has 0 aliphatic carbocycles. The lowest BCUT2D eigenvalue weighted by atomic mass is 10.0. The van der Waals surface area contributed by atoms with Gasteiger partial charge in [0.15, 0.2) is 0 Å². The molecule has 0 fully saturated rings. The predicted molar refractivity (Wildman–Crippen MR) is 96.8 cm³/mol. The van der Waals surface area contributed by atoms with Crippen molar-refractivity contribution in [3.05, 3.63) is 46.8 Å². The fourth-order valence-corrected chi connectivity index (χ4v) is 3.42. The van der Waals surface area contributed by atoms with Gasteiger partial charge in [-0.3, -0.25) is 4.68 Å². The van der Waals surface area contributed by atoms with Gasteiger partial charge >= 0.3 is 6.03 Å². The zero-order chi connectivity index (χ0) is 17.8. The predicted octanol–water partition coefficient (Wildman–Crippen LogP) is 2.35. The van der Waals surface area contributed by atoms with Crippen LogP contribution in [-0.4, -0.2) is 28.5 Å². The smallest absolute Gasteiger partial charge is 0.315 e. The van der Waals surface area contributed by atoms with Crippen LogP contribution in [0.3, 0.4) is 0 Å². The van der Waals surface area contributed by atoms with Crippen molar-refractivity contribution in [1.29, 1.82) is 0 Å². The minimum Gasteiger partial charge on any atom is -0.491 e. The molecule has 6 nitrogen and oxygen atoms in total. The summed E-state index contributed by atoms with van der Waals surface area (Å²) in [6, 6.07) is 7.78. The summed E-state index contributed by atoms with van der Waals surface area (Å²) in [7, 11) is 1.96. The van der Waals surface area contributed by atoms with Gasteiger partial charge in [-0.05, 0) is 30.9 Å². The van der Waals surface area contributed by atoms with Crippen molar-refractivity contribution >= 4 is 6.03 Å². The lowest BCUT2D eigenvalue weighted by molar-refractivity contribution is 0.214. The van der Waals surface area contributed by atoms with Gasteiger partial charge in [0.1, 0.15) is 12.4 Å². The fourth-order valence-electron chi connectivity index (χ4n) is 3.42. The Morgan fingerprint density at radius 3 is 2.88 bits per heavy atom. The van der Waals surface area contributed by atoms with Crippen LogP contribution in [0.1, 0.15) is 36.4 Å². The normalized spacial score (nSPS) is 16.0. The highest BCUT2D eigenvalue weighted by molar-refractivity contribution is 5.74. The Balaban J connectivity index is 1.58. The molecule has 3 rings (SSSR count). The van der Waals surface area contributed by atoms with Gasteiger partial charge in [-0.25, -0.2) is 4.79 Å². The molecule has 134 valence electrons. The van der Waals surface area contributed by atoms with Crippen LogP contribution in [0.25, 0.3) is 0 Å². The fraction of sp³-hybridized carbons (Fsp3) is 0.474. The number of amides is 2. The molecule has 2 heterocycles. The summed E-state index contributed by atoms with van der Waals surface area (Å²) in [5.74, 6) is 0.913. The Labute approximate surface area is 148 Å². The summed E-state index contributed by atoms with van der Waals surface area (Å²) >= 11 is 0. The molecule has 0 bridgehead atoms. The third kappa shape index (κ3) is 3.78. The molecule has 2 amide bonds. The molecule has 0 saturated heterocycles. The van der Waals surface area contributed by atoms with Gasteiger partial charge in [0, 0.05) is 24.8 Å². The molecule has 1 aliphatic heterocycles. The molecular weight excluding hydrogens is 316 g/mol. The first-order valence-electron chi connectivity index (χ1n) is 8.91. The molecule has 1 aliphatic rings. The largest absolute Gasteiger partial charge is 0.491 e. The van der Waals surface area contributed by atoms with Gasteiger partial charge in [-0.1, -0.05) is 32.0 Å². The van der Waals surface area contributed by atoms with Gasteiger partial charge in [-0.15, -0.1) is 0 Å². The molecule has 6 heteroatoms. The Hall–Kier alpha value is -2.50. The molecular formula is C19H26N4O2. The number of hydrogen-bond acceptors (Lipinski definition) is 3. The lowest BCUT2D eigenvalue weighted by Gasteiger charge is -2.26. The molecule has 2 N–H and O–H groups in total. The Morgan fingerprint density at radius 2 is 2.12 bits per heavy atom. The van der Waals surface area contributed by atoms with Crippen LogP contribution >= 0.6 is 0 Å². The minimum atomic E-state index is -0.166. The highest BCUT2D eigenvalue weighted by Crippen LogP contribution is 2.23. The van der Waals surface area contributed by atoms with Crippen LogP contribution in [0.2, 0.25) is 0 Å². The summed E-state index contributed by atoms with van der Waals surface area (Å²) < 4.78 is 7.64. The number of fused-ring (bicyclic) bond motifs is 1. The van der Waals surface area contributed by atoms with E-state index in [2.05, 4.69) is 29.6 Å². The lowest BCUT2D eigenvalue weighted by Crippen LogP contribution is -2.47. The van der Waals surface area contributed by atoms with Gasteiger partial charge in [0.05, 0.1) is 11.7 Å². The first-order valence-corrected chi connectivity index (χ1v) is 8.91. The number of para-hydroxylation sites is 1. The van der Waals surface area contributed by atoms with Crippen LogP contribution in [0.5, 0.6) is 5.75 Å². The third-order valence-corrected chi connectivity index (χ3v) is 4.67. The summed E-state index contributed by atoms with van der Waals surface area (Å²) in [5, 5.41) is 10.5. The van der Waals surface area contributed by atoms with E-state index < -0.39 is 0 Å². The van der Waals surface area contributed by atoms with E-state index in [1.165, 1.54) is 5.69 Å². The molecule has 0 spiro atoms. The molecule has 25 heavy (non-hydrogen) atoms. The molecule has 1 aromatic heterocycles. The highest BCUT2D eigenvalue weighted by atomic mass is 16.5. The van der Waals surface area contributed by atoms with Crippen LogP contribution in [-0.2, 0) is 32.9 Å². The summed E-state index contributed by atoms with van der Waals surface area (Å²) in [6.45, 7) is 5.19.